The molecular weight excluding hydrogens is 461 g/mol. The predicted octanol–water partition coefficient (Wildman–Crippen LogP) is 2.99. The van der Waals surface area contributed by atoms with Crippen LogP contribution in [0.3, 0.4) is 0 Å². The van der Waals surface area contributed by atoms with Crippen LogP contribution in [-0.4, -0.2) is 73.8 Å². The minimum absolute atomic E-state index is 0.0874. The summed E-state index contributed by atoms with van der Waals surface area (Å²) in [5.74, 6) is 0.255. The number of amides is 2. The van der Waals surface area contributed by atoms with Gasteiger partial charge in [-0.3, -0.25) is 9.69 Å². The Hall–Kier alpha value is -1.32. The molecule has 0 aliphatic carbocycles. The van der Waals surface area contributed by atoms with Crippen LogP contribution in [0, 0.1) is 0 Å². The molecule has 1 aromatic carbocycles. The minimum Gasteiger partial charge on any atom is -0.464 e. The van der Waals surface area contributed by atoms with Crippen LogP contribution < -0.4 is 15.1 Å². The molecule has 7 nitrogen and oxygen atoms in total. The van der Waals surface area contributed by atoms with E-state index in [0.29, 0.717) is 36.6 Å². The fourth-order valence-electron chi connectivity index (χ4n) is 3.26. The highest BCUT2D eigenvalue weighted by Gasteiger charge is 2.35. The summed E-state index contributed by atoms with van der Waals surface area (Å²) in [5, 5.41) is 0. The lowest BCUT2D eigenvalue weighted by atomic mass is 10.1. The number of hydrogen-bond acceptors (Lipinski definition) is 6. The monoisotopic (exact) mass is 492 g/mol. The first-order valence-electron chi connectivity index (χ1n) is 10.1. The van der Waals surface area contributed by atoms with Crippen molar-refractivity contribution in [2.24, 2.45) is 5.73 Å². The second-order valence-corrected chi connectivity index (χ2v) is 8.77. The fourth-order valence-corrected chi connectivity index (χ4v) is 4.32. The number of hydrogen-bond donors (Lipinski definition) is 1. The van der Waals surface area contributed by atoms with E-state index < -0.39 is 24.0 Å². The molecule has 0 spiro atoms. The van der Waals surface area contributed by atoms with Gasteiger partial charge in [-0.1, -0.05) is 6.07 Å². The zero-order chi connectivity index (χ0) is 23.4. The molecule has 0 bridgehead atoms. The molecule has 0 saturated heterocycles. The van der Waals surface area contributed by atoms with Gasteiger partial charge in [-0.15, -0.1) is 23.2 Å². The van der Waals surface area contributed by atoms with Crippen LogP contribution in [0.25, 0.3) is 0 Å². The fraction of sp³-hybridized carbons (Fsp3) is 0.571. The first kappa shape index (κ1) is 27.7. The van der Waals surface area contributed by atoms with Crippen molar-refractivity contribution in [3.05, 3.63) is 24.3 Å². The molecule has 0 aromatic heterocycles. The number of nitrogens with zero attached hydrogens (tertiary/aromatic N) is 2. The Morgan fingerprint density at radius 1 is 1.29 bits per heavy atom. The molecule has 10 heteroatoms. The summed E-state index contributed by atoms with van der Waals surface area (Å²) in [6.07, 6.45) is 3.13. The van der Waals surface area contributed by atoms with Crippen molar-refractivity contribution >= 4 is 64.6 Å². The second-order valence-electron chi connectivity index (χ2n) is 7.03. The molecule has 0 aliphatic rings. The van der Waals surface area contributed by atoms with E-state index in [1.54, 1.807) is 49.9 Å². The van der Waals surface area contributed by atoms with Crippen LogP contribution in [0.4, 0.5) is 11.4 Å². The van der Waals surface area contributed by atoms with E-state index in [9.17, 15) is 14.4 Å². The number of benzene rings is 1. The van der Waals surface area contributed by atoms with Gasteiger partial charge in [0.1, 0.15) is 24.8 Å². The number of rotatable bonds is 14. The smallest absolute Gasteiger partial charge is 0.329 e. The first-order chi connectivity index (χ1) is 14.8. The Bertz CT molecular complexity index is 730. The standard InChI is InChI=1S/C21H32Cl2N3O4S/c1-4-30-21(29)19(8-13-31-3)25(20(28)16(2)24)17-6-5-7-18(14-17)26(15-27,11-9-22)12-10-23/h5-7,14-16,19H,4,8-13,24H2,1-3H3/q+1/t16-,19-/m0/s1. The number of carbonyl (C=O) groups is 3. The zero-order valence-electron chi connectivity index (χ0n) is 18.3. The van der Waals surface area contributed by atoms with Crippen molar-refractivity contribution in [2.75, 3.05) is 48.4 Å². The van der Waals surface area contributed by atoms with Gasteiger partial charge in [-0.05, 0) is 44.4 Å². The van der Waals surface area contributed by atoms with Crippen molar-refractivity contribution in [1.29, 1.82) is 0 Å². The van der Waals surface area contributed by atoms with Gasteiger partial charge in [0.15, 0.2) is 0 Å². The van der Waals surface area contributed by atoms with Gasteiger partial charge >= 0.3 is 12.4 Å². The Morgan fingerprint density at radius 3 is 2.42 bits per heavy atom. The second kappa shape index (κ2) is 14.0. The van der Waals surface area contributed by atoms with Gasteiger partial charge in [0, 0.05) is 6.07 Å². The molecule has 0 saturated carbocycles. The normalized spacial score (nSPS) is 13.4. The van der Waals surface area contributed by atoms with Gasteiger partial charge < -0.3 is 10.5 Å². The van der Waals surface area contributed by atoms with E-state index in [1.165, 1.54) is 4.90 Å². The topological polar surface area (TPSA) is 89.7 Å². The molecular formula is C21H32Cl2N3O4S+. The maximum absolute atomic E-state index is 13.1. The molecule has 1 rings (SSSR count). The third kappa shape index (κ3) is 7.36. The summed E-state index contributed by atoms with van der Waals surface area (Å²) in [5.41, 5.74) is 7.01. The molecule has 0 heterocycles. The SMILES string of the molecule is CCOC(=O)[C@H](CCSC)N(C(=O)[C@H](C)N)c1cccc([N+](C=O)(CCCl)CCCl)c1. The average molecular weight is 493 g/mol. The predicted molar refractivity (Wildman–Crippen MR) is 130 cm³/mol. The molecule has 0 unspecified atom stereocenters. The lowest BCUT2D eigenvalue weighted by molar-refractivity contribution is -0.146. The van der Waals surface area contributed by atoms with E-state index in [1.807, 2.05) is 6.26 Å². The van der Waals surface area contributed by atoms with Crippen LogP contribution in [0.1, 0.15) is 20.3 Å². The van der Waals surface area contributed by atoms with Gasteiger partial charge in [-0.2, -0.15) is 11.8 Å². The van der Waals surface area contributed by atoms with E-state index in [2.05, 4.69) is 0 Å². The Morgan fingerprint density at radius 2 is 1.94 bits per heavy atom. The highest BCUT2D eigenvalue weighted by atomic mass is 35.5. The van der Waals surface area contributed by atoms with Crippen LogP contribution in [0.15, 0.2) is 24.3 Å². The van der Waals surface area contributed by atoms with Gasteiger partial charge in [0.2, 0.25) is 5.91 Å². The van der Waals surface area contributed by atoms with E-state index in [-0.39, 0.29) is 22.8 Å². The summed E-state index contributed by atoms with van der Waals surface area (Å²) >= 11 is 13.5. The summed E-state index contributed by atoms with van der Waals surface area (Å²) in [6, 6.07) is 5.30. The number of halogens is 2. The Labute approximate surface area is 198 Å². The minimum atomic E-state index is -0.833. The third-order valence-corrected chi connectivity index (χ3v) is 5.87. The average Bonchev–Trinajstić information content (AvgIpc) is 2.76. The number of quaternary nitrogens is 1. The van der Waals surface area contributed by atoms with Crippen LogP contribution in [-0.2, 0) is 19.1 Å². The molecule has 0 aliphatic heterocycles. The number of carbonyl (C=O) groups excluding carboxylic acids is 3. The number of ether oxygens (including phenoxy) is 1. The Balaban J connectivity index is 3.58. The van der Waals surface area contributed by atoms with E-state index >= 15 is 0 Å². The highest BCUT2D eigenvalue weighted by Crippen LogP contribution is 2.30. The molecule has 2 N–H and O–H groups in total. The number of alkyl halides is 2. The van der Waals surface area contributed by atoms with Crippen molar-refractivity contribution < 1.29 is 19.1 Å². The van der Waals surface area contributed by atoms with Crippen LogP contribution >= 0.6 is 35.0 Å². The van der Waals surface area contributed by atoms with Crippen molar-refractivity contribution in [3.63, 3.8) is 0 Å². The maximum atomic E-state index is 13.1. The lowest BCUT2D eigenvalue weighted by Gasteiger charge is -2.34. The highest BCUT2D eigenvalue weighted by molar-refractivity contribution is 7.98. The van der Waals surface area contributed by atoms with Crippen molar-refractivity contribution in [2.45, 2.75) is 32.4 Å². The number of nitrogens with two attached hydrogens (primary N) is 1. The molecule has 174 valence electrons. The summed E-state index contributed by atoms with van der Waals surface area (Å²) < 4.78 is 5.16. The van der Waals surface area contributed by atoms with Crippen molar-refractivity contribution in [3.8, 4) is 0 Å². The molecule has 0 radical (unpaired) electrons. The lowest BCUT2D eigenvalue weighted by Crippen LogP contribution is -2.53. The summed E-state index contributed by atoms with van der Waals surface area (Å²) in [7, 11) is 0. The quantitative estimate of drug-likeness (QED) is 0.186. The van der Waals surface area contributed by atoms with Crippen LogP contribution in [0.5, 0.6) is 0 Å². The molecule has 31 heavy (non-hydrogen) atoms. The number of esters is 1. The molecule has 1 aromatic rings. The molecule has 2 amide bonds. The van der Waals surface area contributed by atoms with Gasteiger partial charge in [0.05, 0.1) is 30.1 Å². The van der Waals surface area contributed by atoms with Gasteiger partial charge in [0.25, 0.3) is 0 Å². The number of thioether (sulfide) groups is 1. The number of anilines is 1. The third-order valence-electron chi connectivity index (χ3n) is 4.88. The van der Waals surface area contributed by atoms with Crippen LogP contribution in [0.2, 0.25) is 0 Å². The summed E-state index contributed by atoms with van der Waals surface area (Å²) in [6.45, 7) is 4.18. The maximum Gasteiger partial charge on any atom is 0.329 e. The summed E-state index contributed by atoms with van der Waals surface area (Å²) in [4.78, 5) is 39.3. The zero-order valence-corrected chi connectivity index (χ0v) is 20.6. The largest absolute Gasteiger partial charge is 0.464 e. The van der Waals surface area contributed by atoms with E-state index in [4.69, 9.17) is 33.7 Å². The molecule has 2 atom stereocenters. The Kier molecular flexibility index (Phi) is 12.5. The van der Waals surface area contributed by atoms with Gasteiger partial charge in [-0.25, -0.2) is 14.1 Å². The van der Waals surface area contributed by atoms with E-state index in [0.717, 1.165) is 6.41 Å². The molecule has 0 fully saturated rings. The van der Waals surface area contributed by atoms with Crippen molar-refractivity contribution in [1.82, 2.24) is 4.48 Å². The first-order valence-corrected chi connectivity index (χ1v) is 12.6.